The molecule has 1 N–H and O–H groups in total. The van der Waals surface area contributed by atoms with Gasteiger partial charge in [0.15, 0.2) is 4.96 Å². The molecule has 27 heavy (non-hydrogen) atoms. The number of nitrogens with zero attached hydrogens (tertiary/aromatic N) is 2. The van der Waals surface area contributed by atoms with Crippen LogP contribution in [-0.2, 0) is 11.2 Å². The Morgan fingerprint density at radius 3 is 2.67 bits per heavy atom. The zero-order valence-electron chi connectivity index (χ0n) is 15.0. The summed E-state index contributed by atoms with van der Waals surface area (Å²) < 4.78 is 15.0. The summed E-state index contributed by atoms with van der Waals surface area (Å²) >= 11 is 1.48. The van der Waals surface area contributed by atoms with Crippen molar-refractivity contribution in [2.24, 2.45) is 0 Å². The average Bonchev–Trinajstić information content (AvgIpc) is 3.21. The average molecular weight is 379 g/mol. The predicted molar refractivity (Wildman–Crippen MR) is 107 cm³/mol. The number of amides is 1. The van der Waals surface area contributed by atoms with Gasteiger partial charge in [0, 0.05) is 28.5 Å². The van der Waals surface area contributed by atoms with Crippen molar-refractivity contribution in [2.75, 3.05) is 5.32 Å². The molecular weight excluding hydrogens is 361 g/mol. The van der Waals surface area contributed by atoms with Crippen LogP contribution in [0.2, 0.25) is 0 Å². The number of benzene rings is 2. The highest BCUT2D eigenvalue weighted by molar-refractivity contribution is 7.15. The molecule has 4 aromatic rings. The number of aryl methyl sites for hydroxylation is 2. The number of nitrogens with one attached hydrogen (secondary N) is 1. The molecule has 0 saturated carbocycles. The Labute approximate surface area is 160 Å². The van der Waals surface area contributed by atoms with E-state index in [-0.39, 0.29) is 18.1 Å². The Hall–Kier alpha value is -2.99. The lowest BCUT2D eigenvalue weighted by Gasteiger charge is -2.07. The number of fused-ring (bicyclic) bond motifs is 1. The molecule has 0 aliphatic heterocycles. The fourth-order valence-corrected chi connectivity index (χ4v) is 3.78. The van der Waals surface area contributed by atoms with Crippen molar-refractivity contribution < 1.29 is 9.18 Å². The fraction of sp³-hybridized carbons (Fsp3) is 0.143. The van der Waals surface area contributed by atoms with Crippen LogP contribution in [0.3, 0.4) is 0 Å². The standard InChI is InChI=1S/C21H18FN3OS/c1-13-3-8-17(9-14(13)2)23-20(26)10-18-12-27-21-24-19(11-25(18)21)15-4-6-16(22)7-5-15/h3-9,11-12H,10H2,1-2H3,(H,23,26). The predicted octanol–water partition coefficient (Wildman–Crippen LogP) is 5.00. The number of carbonyl (C=O) groups is 1. The Morgan fingerprint density at radius 1 is 1.15 bits per heavy atom. The van der Waals surface area contributed by atoms with E-state index in [2.05, 4.69) is 10.3 Å². The number of anilines is 1. The second-order valence-electron chi connectivity index (χ2n) is 6.54. The molecule has 0 radical (unpaired) electrons. The normalized spacial score (nSPS) is 11.1. The van der Waals surface area contributed by atoms with Gasteiger partial charge < -0.3 is 5.32 Å². The molecule has 2 heterocycles. The Balaban J connectivity index is 1.54. The Morgan fingerprint density at radius 2 is 1.93 bits per heavy atom. The Bertz CT molecular complexity index is 1130. The van der Waals surface area contributed by atoms with Gasteiger partial charge in [-0.25, -0.2) is 9.37 Å². The van der Waals surface area contributed by atoms with Crippen LogP contribution in [0.5, 0.6) is 0 Å². The van der Waals surface area contributed by atoms with Gasteiger partial charge in [-0.2, -0.15) is 0 Å². The SMILES string of the molecule is Cc1ccc(NC(=O)Cc2csc3nc(-c4ccc(F)cc4)cn23)cc1C. The molecule has 0 aliphatic rings. The molecule has 0 aliphatic carbocycles. The third-order valence-corrected chi connectivity index (χ3v) is 5.44. The first-order chi connectivity index (χ1) is 13.0. The van der Waals surface area contributed by atoms with Gasteiger partial charge in [-0.05, 0) is 61.4 Å². The molecular formula is C21H18FN3OS. The van der Waals surface area contributed by atoms with E-state index in [1.54, 1.807) is 12.1 Å². The van der Waals surface area contributed by atoms with Gasteiger partial charge >= 0.3 is 0 Å². The monoisotopic (exact) mass is 379 g/mol. The van der Waals surface area contributed by atoms with Crippen LogP contribution in [0.25, 0.3) is 16.2 Å². The highest BCUT2D eigenvalue weighted by Crippen LogP contribution is 2.24. The highest BCUT2D eigenvalue weighted by Gasteiger charge is 2.13. The van der Waals surface area contributed by atoms with Crippen LogP contribution in [0.4, 0.5) is 10.1 Å². The van der Waals surface area contributed by atoms with Crippen molar-refractivity contribution in [3.05, 3.63) is 76.7 Å². The van der Waals surface area contributed by atoms with Gasteiger partial charge in [0.25, 0.3) is 0 Å². The van der Waals surface area contributed by atoms with Gasteiger partial charge in [-0.15, -0.1) is 11.3 Å². The van der Waals surface area contributed by atoms with Gasteiger partial charge in [0.05, 0.1) is 12.1 Å². The second kappa shape index (κ2) is 6.96. The van der Waals surface area contributed by atoms with E-state index in [1.165, 1.54) is 29.0 Å². The first kappa shape index (κ1) is 17.4. The van der Waals surface area contributed by atoms with E-state index >= 15 is 0 Å². The van der Waals surface area contributed by atoms with Crippen molar-refractivity contribution >= 4 is 27.9 Å². The fourth-order valence-electron chi connectivity index (χ4n) is 2.91. The van der Waals surface area contributed by atoms with Crippen molar-refractivity contribution in [1.29, 1.82) is 0 Å². The molecule has 136 valence electrons. The zero-order chi connectivity index (χ0) is 19.0. The number of halogens is 1. The minimum Gasteiger partial charge on any atom is -0.326 e. The molecule has 1 amide bonds. The van der Waals surface area contributed by atoms with Gasteiger partial charge in [0.2, 0.25) is 5.91 Å². The Kier molecular flexibility index (Phi) is 4.49. The molecule has 2 aromatic carbocycles. The van der Waals surface area contributed by atoms with Crippen LogP contribution in [0.15, 0.2) is 54.0 Å². The molecule has 6 heteroatoms. The number of aromatic nitrogens is 2. The lowest BCUT2D eigenvalue weighted by molar-refractivity contribution is -0.115. The van der Waals surface area contributed by atoms with E-state index in [0.29, 0.717) is 0 Å². The summed E-state index contributed by atoms with van der Waals surface area (Å²) in [5, 5.41) is 4.89. The maximum Gasteiger partial charge on any atom is 0.230 e. The van der Waals surface area contributed by atoms with Crippen LogP contribution >= 0.6 is 11.3 Å². The molecule has 0 bridgehead atoms. The summed E-state index contributed by atoms with van der Waals surface area (Å²) in [5.41, 5.74) is 5.61. The lowest BCUT2D eigenvalue weighted by Crippen LogP contribution is -2.15. The van der Waals surface area contributed by atoms with E-state index in [9.17, 15) is 9.18 Å². The number of imidazole rings is 1. The number of thiazole rings is 1. The summed E-state index contributed by atoms with van der Waals surface area (Å²) in [4.78, 5) is 17.8. The summed E-state index contributed by atoms with van der Waals surface area (Å²) in [5.74, 6) is -0.349. The smallest absolute Gasteiger partial charge is 0.230 e. The molecule has 2 aromatic heterocycles. The molecule has 0 spiro atoms. The first-order valence-corrected chi connectivity index (χ1v) is 9.46. The maximum absolute atomic E-state index is 13.1. The number of hydrogen-bond acceptors (Lipinski definition) is 3. The summed E-state index contributed by atoms with van der Waals surface area (Å²) in [6, 6.07) is 12.1. The zero-order valence-corrected chi connectivity index (χ0v) is 15.8. The highest BCUT2D eigenvalue weighted by atomic mass is 32.1. The lowest BCUT2D eigenvalue weighted by atomic mass is 10.1. The van der Waals surface area contributed by atoms with Gasteiger partial charge in [-0.3, -0.25) is 9.20 Å². The molecule has 4 rings (SSSR count). The largest absolute Gasteiger partial charge is 0.326 e. The quantitative estimate of drug-likeness (QED) is 0.542. The third-order valence-electron chi connectivity index (χ3n) is 4.56. The molecule has 4 nitrogen and oxygen atoms in total. The second-order valence-corrected chi connectivity index (χ2v) is 7.37. The number of rotatable bonds is 4. The van der Waals surface area contributed by atoms with Crippen LogP contribution in [0.1, 0.15) is 16.8 Å². The topological polar surface area (TPSA) is 46.4 Å². The summed E-state index contributed by atoms with van der Waals surface area (Å²) in [7, 11) is 0. The summed E-state index contributed by atoms with van der Waals surface area (Å²) in [6.07, 6.45) is 2.14. The van der Waals surface area contributed by atoms with Crippen LogP contribution in [-0.4, -0.2) is 15.3 Å². The van der Waals surface area contributed by atoms with Crippen molar-refractivity contribution in [1.82, 2.24) is 9.38 Å². The van der Waals surface area contributed by atoms with Gasteiger partial charge in [-0.1, -0.05) is 6.07 Å². The van der Waals surface area contributed by atoms with Crippen LogP contribution in [0, 0.1) is 19.7 Å². The summed E-state index contributed by atoms with van der Waals surface area (Å²) in [6.45, 7) is 4.07. The molecule has 0 saturated heterocycles. The van der Waals surface area contributed by atoms with Crippen molar-refractivity contribution in [2.45, 2.75) is 20.3 Å². The third kappa shape index (κ3) is 3.61. The maximum atomic E-state index is 13.1. The minimum absolute atomic E-state index is 0.0741. The number of carbonyl (C=O) groups excluding carboxylic acids is 1. The molecule has 0 atom stereocenters. The van der Waals surface area contributed by atoms with Crippen LogP contribution < -0.4 is 5.32 Å². The van der Waals surface area contributed by atoms with E-state index < -0.39 is 0 Å². The van der Waals surface area contributed by atoms with E-state index in [4.69, 9.17) is 0 Å². The van der Waals surface area contributed by atoms with E-state index in [1.807, 2.05) is 48.0 Å². The first-order valence-electron chi connectivity index (χ1n) is 8.58. The van der Waals surface area contributed by atoms with Gasteiger partial charge in [0.1, 0.15) is 5.82 Å². The number of hydrogen-bond donors (Lipinski definition) is 1. The van der Waals surface area contributed by atoms with Crippen molar-refractivity contribution in [3.63, 3.8) is 0 Å². The van der Waals surface area contributed by atoms with E-state index in [0.717, 1.165) is 33.2 Å². The molecule has 0 fully saturated rings. The minimum atomic E-state index is -0.275. The molecule has 0 unspecified atom stereocenters. The van der Waals surface area contributed by atoms with Crippen molar-refractivity contribution in [3.8, 4) is 11.3 Å².